The second-order valence-corrected chi connectivity index (χ2v) is 4.77. The Hall–Kier alpha value is -1.72. The van der Waals surface area contributed by atoms with Gasteiger partial charge in [0.15, 0.2) is 0 Å². The van der Waals surface area contributed by atoms with Crippen LogP contribution >= 0.6 is 11.8 Å². The van der Waals surface area contributed by atoms with Crippen molar-refractivity contribution in [3.63, 3.8) is 0 Å². The zero-order chi connectivity index (χ0) is 11.9. The number of thioether (sulfide) groups is 1. The predicted octanol–water partition coefficient (Wildman–Crippen LogP) is 3.99. The molecule has 0 atom stereocenters. The third-order valence-corrected chi connectivity index (χ3v) is 3.54. The second kappa shape index (κ2) is 6.12. The van der Waals surface area contributed by atoms with Crippen LogP contribution in [-0.2, 0) is 11.5 Å². The highest BCUT2D eigenvalue weighted by molar-refractivity contribution is 7.97. The number of hydrogen-bond donors (Lipinski definition) is 0. The van der Waals surface area contributed by atoms with E-state index in [1.165, 1.54) is 11.1 Å². The normalized spacial score (nSPS) is 9.82. The van der Waals surface area contributed by atoms with Crippen molar-refractivity contribution in [2.24, 2.45) is 0 Å². The first-order chi connectivity index (χ1) is 8.38. The van der Waals surface area contributed by atoms with Crippen molar-refractivity contribution in [2.45, 2.75) is 11.5 Å². The van der Waals surface area contributed by atoms with Gasteiger partial charge in [-0.25, -0.2) is 0 Å². The SMILES string of the molecule is N#Cc1ccc(CSCc2ccccc2)cc1. The Kier molecular flexibility index (Phi) is 4.23. The fraction of sp³-hybridized carbons (Fsp3) is 0.133. The molecule has 0 spiro atoms. The molecular formula is C15H13NS. The van der Waals surface area contributed by atoms with Gasteiger partial charge in [0.2, 0.25) is 0 Å². The Balaban J connectivity index is 1.84. The number of nitrogens with zero attached hydrogens (tertiary/aromatic N) is 1. The Bertz CT molecular complexity index is 497. The van der Waals surface area contributed by atoms with Crippen LogP contribution in [0.4, 0.5) is 0 Å². The monoisotopic (exact) mass is 239 g/mol. The molecule has 0 fully saturated rings. The average Bonchev–Trinajstić information content (AvgIpc) is 2.41. The van der Waals surface area contributed by atoms with Crippen LogP contribution in [0, 0.1) is 11.3 Å². The van der Waals surface area contributed by atoms with Gasteiger partial charge in [0, 0.05) is 11.5 Å². The van der Waals surface area contributed by atoms with E-state index in [-0.39, 0.29) is 0 Å². The molecule has 0 bridgehead atoms. The van der Waals surface area contributed by atoms with Crippen LogP contribution in [0.1, 0.15) is 16.7 Å². The summed E-state index contributed by atoms with van der Waals surface area (Å²) in [5.74, 6) is 2.02. The second-order valence-electron chi connectivity index (χ2n) is 3.79. The summed E-state index contributed by atoms with van der Waals surface area (Å²) in [6, 6.07) is 20.4. The van der Waals surface area contributed by atoms with Crippen LogP contribution < -0.4 is 0 Å². The average molecular weight is 239 g/mol. The molecule has 0 N–H and O–H groups in total. The summed E-state index contributed by atoms with van der Waals surface area (Å²) in [6.45, 7) is 0. The van der Waals surface area contributed by atoms with E-state index in [0.29, 0.717) is 0 Å². The molecule has 0 aliphatic rings. The summed E-state index contributed by atoms with van der Waals surface area (Å²) in [4.78, 5) is 0. The summed E-state index contributed by atoms with van der Waals surface area (Å²) >= 11 is 1.89. The molecule has 0 saturated heterocycles. The molecule has 0 amide bonds. The van der Waals surface area contributed by atoms with E-state index < -0.39 is 0 Å². The molecule has 0 saturated carbocycles. The van der Waals surface area contributed by atoms with E-state index >= 15 is 0 Å². The van der Waals surface area contributed by atoms with Gasteiger partial charge in [-0.15, -0.1) is 0 Å². The highest BCUT2D eigenvalue weighted by atomic mass is 32.2. The van der Waals surface area contributed by atoms with Gasteiger partial charge in [-0.3, -0.25) is 0 Å². The Morgan fingerprint density at radius 3 is 2.00 bits per heavy atom. The minimum atomic E-state index is 0.724. The maximum absolute atomic E-state index is 8.70. The van der Waals surface area contributed by atoms with Crippen molar-refractivity contribution in [2.75, 3.05) is 0 Å². The van der Waals surface area contributed by atoms with E-state index in [1.54, 1.807) is 0 Å². The van der Waals surface area contributed by atoms with Crippen LogP contribution in [0.15, 0.2) is 54.6 Å². The molecule has 17 heavy (non-hydrogen) atoms. The smallest absolute Gasteiger partial charge is 0.0991 e. The number of hydrogen-bond acceptors (Lipinski definition) is 2. The van der Waals surface area contributed by atoms with Gasteiger partial charge < -0.3 is 0 Å². The quantitative estimate of drug-likeness (QED) is 0.805. The van der Waals surface area contributed by atoms with Crippen molar-refractivity contribution in [3.05, 3.63) is 71.3 Å². The molecule has 84 valence electrons. The summed E-state index contributed by atoms with van der Waals surface area (Å²) in [6.07, 6.45) is 0. The zero-order valence-corrected chi connectivity index (χ0v) is 10.3. The van der Waals surface area contributed by atoms with E-state index in [9.17, 15) is 0 Å². The molecule has 0 aliphatic heterocycles. The Morgan fingerprint density at radius 1 is 0.824 bits per heavy atom. The minimum Gasteiger partial charge on any atom is -0.192 e. The molecule has 2 aromatic carbocycles. The molecule has 0 heterocycles. The lowest BCUT2D eigenvalue weighted by Gasteiger charge is -2.02. The molecular weight excluding hydrogens is 226 g/mol. The molecule has 0 aliphatic carbocycles. The van der Waals surface area contributed by atoms with Crippen molar-refractivity contribution in [1.29, 1.82) is 5.26 Å². The van der Waals surface area contributed by atoms with Crippen molar-refractivity contribution >= 4 is 11.8 Å². The number of nitriles is 1. The highest BCUT2D eigenvalue weighted by Crippen LogP contribution is 2.17. The van der Waals surface area contributed by atoms with E-state index in [2.05, 4.69) is 30.3 Å². The minimum absolute atomic E-state index is 0.724. The summed E-state index contributed by atoms with van der Waals surface area (Å²) in [7, 11) is 0. The molecule has 2 rings (SSSR count). The van der Waals surface area contributed by atoms with Crippen LogP contribution in [-0.4, -0.2) is 0 Å². The summed E-state index contributed by atoms with van der Waals surface area (Å²) in [5.41, 5.74) is 3.35. The first-order valence-electron chi connectivity index (χ1n) is 5.49. The standard InChI is InChI=1S/C15H13NS/c16-10-13-6-8-15(9-7-13)12-17-11-14-4-2-1-3-5-14/h1-9H,11-12H2. The zero-order valence-electron chi connectivity index (χ0n) is 9.47. The third kappa shape index (κ3) is 3.65. The van der Waals surface area contributed by atoms with Crippen molar-refractivity contribution in [3.8, 4) is 6.07 Å². The van der Waals surface area contributed by atoms with Crippen LogP contribution in [0.3, 0.4) is 0 Å². The van der Waals surface area contributed by atoms with Gasteiger partial charge in [0.1, 0.15) is 0 Å². The third-order valence-electron chi connectivity index (χ3n) is 2.46. The van der Waals surface area contributed by atoms with Gasteiger partial charge >= 0.3 is 0 Å². The summed E-state index contributed by atoms with van der Waals surface area (Å²) in [5, 5.41) is 8.70. The van der Waals surface area contributed by atoms with E-state index in [0.717, 1.165) is 17.1 Å². The molecule has 2 aromatic rings. The first kappa shape index (κ1) is 11.8. The maximum Gasteiger partial charge on any atom is 0.0991 e. The topological polar surface area (TPSA) is 23.8 Å². The van der Waals surface area contributed by atoms with Crippen LogP contribution in [0.25, 0.3) is 0 Å². The predicted molar refractivity (Wildman–Crippen MR) is 72.6 cm³/mol. The molecule has 0 aromatic heterocycles. The lowest BCUT2D eigenvalue weighted by molar-refractivity contribution is 1.36. The maximum atomic E-state index is 8.70. The molecule has 1 nitrogen and oxygen atoms in total. The first-order valence-corrected chi connectivity index (χ1v) is 6.64. The Labute approximate surface area is 106 Å². The largest absolute Gasteiger partial charge is 0.192 e. The van der Waals surface area contributed by atoms with Gasteiger partial charge in [0.05, 0.1) is 11.6 Å². The molecule has 0 unspecified atom stereocenters. The van der Waals surface area contributed by atoms with Gasteiger partial charge in [0.25, 0.3) is 0 Å². The fourth-order valence-electron chi connectivity index (χ4n) is 1.54. The van der Waals surface area contributed by atoms with Gasteiger partial charge in [-0.05, 0) is 23.3 Å². The van der Waals surface area contributed by atoms with Crippen molar-refractivity contribution < 1.29 is 0 Å². The number of rotatable bonds is 4. The van der Waals surface area contributed by atoms with E-state index in [1.807, 2.05) is 42.1 Å². The van der Waals surface area contributed by atoms with Crippen LogP contribution in [0.5, 0.6) is 0 Å². The molecule has 0 radical (unpaired) electrons. The van der Waals surface area contributed by atoms with Crippen molar-refractivity contribution in [1.82, 2.24) is 0 Å². The summed E-state index contributed by atoms with van der Waals surface area (Å²) < 4.78 is 0. The van der Waals surface area contributed by atoms with Gasteiger partial charge in [-0.1, -0.05) is 42.5 Å². The lowest BCUT2D eigenvalue weighted by Crippen LogP contribution is -1.83. The number of benzene rings is 2. The van der Waals surface area contributed by atoms with Gasteiger partial charge in [-0.2, -0.15) is 17.0 Å². The molecule has 2 heteroatoms. The Morgan fingerprint density at radius 2 is 1.41 bits per heavy atom. The fourth-order valence-corrected chi connectivity index (χ4v) is 2.49. The lowest BCUT2D eigenvalue weighted by atomic mass is 10.2. The highest BCUT2D eigenvalue weighted by Gasteiger charge is 1.96. The van der Waals surface area contributed by atoms with Crippen LogP contribution in [0.2, 0.25) is 0 Å². The van der Waals surface area contributed by atoms with E-state index in [4.69, 9.17) is 5.26 Å².